The molecule has 0 rings (SSSR count). The number of hydrogen-bond donors (Lipinski definition) is 0. The number of rotatable bonds is 0. The molecule has 0 fully saturated rings. The molecule has 0 aliphatic heterocycles. The van der Waals surface area contributed by atoms with Crippen molar-refractivity contribution in [3.8, 4) is 0 Å². The summed E-state index contributed by atoms with van der Waals surface area (Å²) in [6.07, 6.45) is 0. The summed E-state index contributed by atoms with van der Waals surface area (Å²) in [5, 5.41) is 0. The first-order valence-corrected chi connectivity index (χ1v) is 0.236. The third kappa shape index (κ3) is 15.7. The molecule has 1 nitrogen and oxygen atoms in total. The van der Waals surface area contributed by atoms with Crippen LogP contribution in [0.15, 0.2) is 0 Å². The first-order valence-electron chi connectivity index (χ1n) is 0.236. The Balaban J connectivity index is -0.00000000500. The zero-order chi connectivity index (χ0) is 2.00. The maximum Gasteiger partial charge on any atom is 0 e. The second-order valence-electron chi connectivity index (χ2n) is 0. The molecule has 0 N–H and O–H groups in total. The van der Waals surface area contributed by atoms with Crippen LogP contribution in [-0.2, 0) is 38.9 Å². The molecule has 0 spiro atoms. The molecule has 0 amide bonds. The van der Waals surface area contributed by atoms with E-state index in [-0.39, 0.29) is 34.1 Å². The zero-order valence-corrected chi connectivity index (χ0v) is 4.04. The summed E-state index contributed by atoms with van der Waals surface area (Å²) >= 11 is 0. The maximum atomic E-state index is 7.75. The van der Waals surface area contributed by atoms with E-state index >= 15 is 0 Å². The van der Waals surface area contributed by atoms with Gasteiger partial charge in [-0.15, -0.1) is 0 Å². The van der Waals surface area contributed by atoms with Gasteiger partial charge in [-0.2, -0.15) is 0 Å². The average Bonchev–Trinajstić information content (AvgIpc) is 1.00. The van der Waals surface area contributed by atoms with E-state index in [1.807, 2.05) is 0 Å². The Morgan fingerprint density at radius 3 is 1.25 bits per heavy atom. The molecule has 27 valence electrons. The molecule has 0 aromatic heterocycles. The monoisotopic (exact) mass is 140 g/mol. The van der Waals surface area contributed by atoms with Crippen molar-refractivity contribution in [2.24, 2.45) is 0 Å². The summed E-state index contributed by atoms with van der Waals surface area (Å²) in [6, 6.07) is 0. The number of carbonyl (C=O) groups excluding carboxylic acids is 1. The summed E-state index contributed by atoms with van der Waals surface area (Å²) in [5.41, 5.74) is 0. The van der Waals surface area contributed by atoms with Gasteiger partial charge >= 0.3 is 0 Å². The third-order valence-corrected chi connectivity index (χ3v) is 0. The van der Waals surface area contributed by atoms with E-state index in [0.717, 1.165) is 0 Å². The van der Waals surface area contributed by atoms with E-state index < -0.39 is 0 Å². The Bertz CT molecular complexity index is 8.00. The van der Waals surface area contributed by atoms with Crippen molar-refractivity contribution in [2.75, 3.05) is 0 Å². The van der Waals surface area contributed by atoms with Gasteiger partial charge in [0, 0.05) is 34.1 Å². The Labute approximate surface area is 46.1 Å². The van der Waals surface area contributed by atoms with Gasteiger partial charge in [0.15, 0.2) is 0 Å². The van der Waals surface area contributed by atoms with Gasteiger partial charge in [0.1, 0.15) is 0 Å². The Hall–Kier alpha value is 0.709. The minimum Gasteiger partial charge on any atom is -0.545 e. The minimum absolute atomic E-state index is 0. The van der Waals surface area contributed by atoms with Crippen LogP contribution < -0.4 is 0 Å². The molecule has 0 aliphatic rings. The van der Waals surface area contributed by atoms with Crippen LogP contribution >= 0.6 is 0 Å². The molecule has 0 atom stereocenters. The van der Waals surface area contributed by atoms with Crippen LogP contribution in [0.5, 0.6) is 0 Å². The van der Waals surface area contributed by atoms with Gasteiger partial charge in [0.25, 0.3) is 0 Å². The average molecular weight is 140 g/mol. The van der Waals surface area contributed by atoms with Crippen LogP contribution in [0.25, 0.3) is 0 Å². The van der Waals surface area contributed by atoms with E-state index in [1.54, 1.807) is 0 Å². The maximum absolute atomic E-state index is 7.75. The molecule has 4 heavy (non-hydrogen) atoms. The summed E-state index contributed by atoms with van der Waals surface area (Å²) in [4.78, 5) is 7.75. The molecule has 0 saturated carbocycles. The van der Waals surface area contributed by atoms with Crippen LogP contribution in [0.1, 0.15) is 0 Å². The van der Waals surface area contributed by atoms with E-state index in [0.29, 0.717) is 0 Å². The minimum atomic E-state index is 0. The first-order chi connectivity index (χ1) is 1.00. The molecule has 0 saturated heterocycles. The fourth-order valence-corrected chi connectivity index (χ4v) is 0. The van der Waals surface area contributed by atoms with Crippen molar-refractivity contribution in [1.29, 1.82) is 0 Å². The van der Waals surface area contributed by atoms with Gasteiger partial charge in [0.2, 0.25) is 0 Å². The molecule has 0 bridgehead atoms. The van der Waals surface area contributed by atoms with Crippen LogP contribution in [0, 0.1) is 0 Å². The van der Waals surface area contributed by atoms with Crippen molar-refractivity contribution in [3.05, 3.63) is 0 Å². The molecular weight excluding hydrogens is 139 g/mol. The Morgan fingerprint density at radius 2 is 1.25 bits per heavy atom. The fourth-order valence-electron chi connectivity index (χ4n) is 0. The molecule has 1 radical (unpaired) electrons. The third-order valence-electron chi connectivity index (χ3n) is 0. The smallest absolute Gasteiger partial charge is 0 e. The first kappa shape index (κ1) is 22.2. The fraction of sp³-hybridized carbons (Fsp3) is 0. The molecule has 0 aromatic carbocycles. The van der Waals surface area contributed by atoms with Gasteiger partial charge in [0.05, 0.1) is 0 Å². The van der Waals surface area contributed by atoms with E-state index in [2.05, 4.69) is 6.79 Å². The van der Waals surface area contributed by atoms with Crippen molar-refractivity contribution < 1.29 is 38.9 Å². The van der Waals surface area contributed by atoms with Crippen LogP contribution in [-0.4, -0.2) is 6.79 Å². The summed E-state index contributed by atoms with van der Waals surface area (Å²) in [5.74, 6) is 0. The van der Waals surface area contributed by atoms with Crippen molar-refractivity contribution in [2.45, 2.75) is 0 Å². The van der Waals surface area contributed by atoms with Crippen LogP contribution in [0.4, 0.5) is 0 Å². The Kier molecular flexibility index (Phi) is 300. The quantitative estimate of drug-likeness (QED) is 0.334. The van der Waals surface area contributed by atoms with Gasteiger partial charge in [-0.3, -0.25) is 6.79 Å². The van der Waals surface area contributed by atoms with Crippen LogP contribution in [0.2, 0.25) is 0 Å². The molecule has 0 unspecified atom stereocenters. The second kappa shape index (κ2) is 54.2. The summed E-state index contributed by atoms with van der Waals surface area (Å²) < 4.78 is 0. The molecule has 0 aliphatic carbocycles. The predicted molar refractivity (Wildman–Crippen MR) is 6.75 cm³/mol. The van der Waals surface area contributed by atoms with Crippen molar-refractivity contribution >= 4 is 6.79 Å². The zero-order valence-electron chi connectivity index (χ0n) is 1.73. The van der Waals surface area contributed by atoms with E-state index in [1.165, 1.54) is 0 Å². The topological polar surface area (TPSA) is 17.1 Å². The van der Waals surface area contributed by atoms with Gasteiger partial charge in [-0.05, 0) is 0 Å². The van der Waals surface area contributed by atoms with E-state index in [9.17, 15) is 0 Å². The van der Waals surface area contributed by atoms with Gasteiger partial charge in [-0.1, -0.05) is 0 Å². The van der Waals surface area contributed by atoms with Crippen molar-refractivity contribution in [3.63, 3.8) is 0 Å². The predicted octanol–water partition coefficient (Wildman–Crippen LogP) is -0.279. The number of hydrogen-bond acceptors (Lipinski definition) is 1. The molecule has 0 heterocycles. The normalized spacial score (nSPS) is 1.00. The molecule has 3 heteroatoms. The Morgan fingerprint density at radius 1 is 1.25 bits per heavy atom. The molecular formula is CHCoCrO-. The largest absolute Gasteiger partial charge is 0.545 e. The van der Waals surface area contributed by atoms with E-state index in [4.69, 9.17) is 4.79 Å². The standard InChI is InChI=1S/CHO.Co.Cr/c1-2;;/h1H;;/q-1;;. The molecule has 0 aromatic rings. The summed E-state index contributed by atoms with van der Waals surface area (Å²) in [7, 11) is 0. The van der Waals surface area contributed by atoms with Gasteiger partial charge in [-0.25, -0.2) is 0 Å². The van der Waals surface area contributed by atoms with Crippen molar-refractivity contribution in [1.82, 2.24) is 0 Å². The SMILES string of the molecule is [CH-]=O.[Co].[Cr]. The second-order valence-corrected chi connectivity index (χ2v) is 0. The summed E-state index contributed by atoms with van der Waals surface area (Å²) in [6.45, 7) is 3.25. The van der Waals surface area contributed by atoms with Crippen LogP contribution in [0.3, 0.4) is 0 Å². The van der Waals surface area contributed by atoms with Gasteiger partial charge < -0.3 is 4.79 Å².